The highest BCUT2D eigenvalue weighted by atomic mass is 35.5. The van der Waals surface area contributed by atoms with E-state index in [0.29, 0.717) is 21.5 Å². The van der Waals surface area contributed by atoms with E-state index in [9.17, 15) is 4.79 Å². The minimum Gasteiger partial charge on any atom is -0.480 e. The molecule has 21 heavy (non-hydrogen) atoms. The van der Waals surface area contributed by atoms with Crippen LogP contribution in [0.15, 0.2) is 36.4 Å². The Labute approximate surface area is 133 Å². The minimum absolute atomic E-state index is 0.227. The second-order valence-electron chi connectivity index (χ2n) is 4.56. The molecule has 0 unspecified atom stereocenters. The zero-order valence-electron chi connectivity index (χ0n) is 11.7. The molecule has 2 rings (SSSR count). The third-order valence-corrected chi connectivity index (χ3v) is 3.39. The third-order valence-electron chi connectivity index (χ3n) is 2.86. The molecule has 0 saturated heterocycles. The molecule has 0 amide bonds. The fourth-order valence-corrected chi connectivity index (χ4v) is 2.30. The van der Waals surface area contributed by atoms with Crippen molar-refractivity contribution in [2.24, 2.45) is 0 Å². The van der Waals surface area contributed by atoms with Crippen molar-refractivity contribution >= 4 is 29.2 Å². The van der Waals surface area contributed by atoms with E-state index >= 15 is 0 Å². The van der Waals surface area contributed by atoms with Gasteiger partial charge in [-0.25, -0.2) is 4.79 Å². The van der Waals surface area contributed by atoms with Gasteiger partial charge in [0.1, 0.15) is 11.5 Å². The SMILES string of the molecule is Cc1cccc(C)c1OC(=O)COc1ccc(Cl)cc1Cl. The van der Waals surface area contributed by atoms with Gasteiger partial charge in [0.2, 0.25) is 0 Å². The zero-order chi connectivity index (χ0) is 15.4. The van der Waals surface area contributed by atoms with E-state index in [1.165, 1.54) is 0 Å². The molecule has 5 heteroatoms. The number of para-hydroxylation sites is 1. The summed E-state index contributed by atoms with van der Waals surface area (Å²) in [5.41, 5.74) is 1.79. The van der Waals surface area contributed by atoms with Crippen molar-refractivity contribution < 1.29 is 14.3 Å². The molecule has 110 valence electrons. The normalized spacial score (nSPS) is 10.3. The lowest BCUT2D eigenvalue weighted by Gasteiger charge is -2.11. The van der Waals surface area contributed by atoms with Gasteiger partial charge in [-0.3, -0.25) is 0 Å². The summed E-state index contributed by atoms with van der Waals surface area (Å²) in [6, 6.07) is 10.5. The monoisotopic (exact) mass is 324 g/mol. The van der Waals surface area contributed by atoms with Crippen LogP contribution in [0.1, 0.15) is 11.1 Å². The van der Waals surface area contributed by atoms with Gasteiger partial charge >= 0.3 is 5.97 Å². The number of hydrogen-bond donors (Lipinski definition) is 0. The number of carbonyl (C=O) groups is 1. The Morgan fingerprint density at radius 3 is 2.38 bits per heavy atom. The predicted octanol–water partition coefficient (Wildman–Crippen LogP) is 4.59. The van der Waals surface area contributed by atoms with Gasteiger partial charge < -0.3 is 9.47 Å². The Balaban J connectivity index is 1.99. The molecule has 0 fully saturated rings. The Kier molecular flexibility index (Phi) is 5.10. The van der Waals surface area contributed by atoms with Crippen LogP contribution >= 0.6 is 23.2 Å². The number of benzene rings is 2. The number of esters is 1. The van der Waals surface area contributed by atoms with Crippen LogP contribution in [0.3, 0.4) is 0 Å². The topological polar surface area (TPSA) is 35.5 Å². The van der Waals surface area contributed by atoms with Gasteiger partial charge in [0.25, 0.3) is 0 Å². The largest absolute Gasteiger partial charge is 0.480 e. The van der Waals surface area contributed by atoms with Gasteiger partial charge in [-0.15, -0.1) is 0 Å². The fraction of sp³-hybridized carbons (Fsp3) is 0.188. The number of rotatable bonds is 4. The Morgan fingerprint density at radius 1 is 1.10 bits per heavy atom. The van der Waals surface area contributed by atoms with Crippen LogP contribution in [0.2, 0.25) is 10.0 Å². The molecule has 0 bridgehead atoms. The fourth-order valence-electron chi connectivity index (χ4n) is 1.83. The number of aryl methyl sites for hydroxylation is 2. The van der Waals surface area contributed by atoms with Crippen molar-refractivity contribution in [1.82, 2.24) is 0 Å². The summed E-state index contributed by atoms with van der Waals surface area (Å²) in [4.78, 5) is 11.9. The molecule has 0 atom stereocenters. The summed E-state index contributed by atoms with van der Waals surface area (Å²) >= 11 is 11.8. The van der Waals surface area contributed by atoms with Crippen molar-refractivity contribution in [1.29, 1.82) is 0 Å². The first-order valence-corrected chi connectivity index (χ1v) is 7.07. The van der Waals surface area contributed by atoms with Gasteiger partial charge in [0.05, 0.1) is 5.02 Å². The molecule has 0 saturated carbocycles. The van der Waals surface area contributed by atoms with Crippen LogP contribution in [0.25, 0.3) is 0 Å². The Morgan fingerprint density at radius 2 is 1.76 bits per heavy atom. The molecule has 2 aromatic carbocycles. The Hall–Kier alpha value is -1.71. The van der Waals surface area contributed by atoms with Crippen molar-refractivity contribution in [3.63, 3.8) is 0 Å². The second kappa shape index (κ2) is 6.83. The summed E-state index contributed by atoms with van der Waals surface area (Å²) < 4.78 is 10.7. The predicted molar refractivity (Wildman–Crippen MR) is 83.5 cm³/mol. The smallest absolute Gasteiger partial charge is 0.349 e. The number of ether oxygens (including phenoxy) is 2. The zero-order valence-corrected chi connectivity index (χ0v) is 13.2. The van der Waals surface area contributed by atoms with Gasteiger partial charge in [-0.05, 0) is 43.2 Å². The van der Waals surface area contributed by atoms with Crippen molar-refractivity contribution in [2.75, 3.05) is 6.61 Å². The molecule has 0 N–H and O–H groups in total. The third kappa shape index (κ3) is 4.13. The number of carbonyl (C=O) groups excluding carboxylic acids is 1. The Bertz CT molecular complexity index is 648. The van der Waals surface area contributed by atoms with Crippen LogP contribution in [0.5, 0.6) is 11.5 Å². The summed E-state index contributed by atoms with van der Waals surface area (Å²) in [5.74, 6) is 0.464. The first-order valence-electron chi connectivity index (χ1n) is 6.32. The molecule has 2 aromatic rings. The highest BCUT2D eigenvalue weighted by Crippen LogP contribution is 2.27. The maximum absolute atomic E-state index is 11.9. The first-order chi connectivity index (χ1) is 9.97. The van der Waals surface area contributed by atoms with Gasteiger partial charge in [-0.1, -0.05) is 41.4 Å². The van der Waals surface area contributed by atoms with Crippen molar-refractivity contribution in [2.45, 2.75) is 13.8 Å². The molecule has 0 radical (unpaired) electrons. The van der Waals surface area contributed by atoms with Crippen molar-refractivity contribution in [3.8, 4) is 11.5 Å². The lowest BCUT2D eigenvalue weighted by Crippen LogP contribution is -2.18. The molecular weight excluding hydrogens is 311 g/mol. The highest BCUT2D eigenvalue weighted by molar-refractivity contribution is 6.35. The molecule has 0 heterocycles. The minimum atomic E-state index is -0.488. The molecule has 0 aromatic heterocycles. The second-order valence-corrected chi connectivity index (χ2v) is 5.40. The van der Waals surface area contributed by atoms with E-state index < -0.39 is 5.97 Å². The average molecular weight is 325 g/mol. The molecule has 0 aliphatic carbocycles. The highest BCUT2D eigenvalue weighted by Gasteiger charge is 2.11. The van der Waals surface area contributed by atoms with Crippen LogP contribution in [-0.2, 0) is 4.79 Å². The van der Waals surface area contributed by atoms with E-state index in [4.69, 9.17) is 32.7 Å². The van der Waals surface area contributed by atoms with E-state index in [2.05, 4.69) is 0 Å². The molecular formula is C16H14Cl2O3. The van der Waals surface area contributed by atoms with E-state index in [1.54, 1.807) is 18.2 Å². The van der Waals surface area contributed by atoms with E-state index in [1.807, 2.05) is 32.0 Å². The van der Waals surface area contributed by atoms with E-state index in [0.717, 1.165) is 11.1 Å². The quantitative estimate of drug-likeness (QED) is 0.609. The molecule has 0 aliphatic rings. The van der Waals surface area contributed by atoms with Crippen molar-refractivity contribution in [3.05, 3.63) is 57.6 Å². The molecule has 3 nitrogen and oxygen atoms in total. The maximum atomic E-state index is 11.9. The summed E-state index contributed by atoms with van der Waals surface area (Å²) in [6.45, 7) is 3.54. The number of hydrogen-bond acceptors (Lipinski definition) is 3. The van der Waals surface area contributed by atoms with Gasteiger partial charge in [-0.2, -0.15) is 0 Å². The maximum Gasteiger partial charge on any atom is 0.349 e. The van der Waals surface area contributed by atoms with Crippen LogP contribution in [-0.4, -0.2) is 12.6 Å². The number of halogens is 2. The summed E-state index contributed by atoms with van der Waals surface area (Å²) in [5, 5.41) is 0.854. The lowest BCUT2D eigenvalue weighted by atomic mass is 10.1. The average Bonchev–Trinajstić information content (AvgIpc) is 2.42. The lowest BCUT2D eigenvalue weighted by molar-refractivity contribution is -0.136. The summed E-state index contributed by atoms with van der Waals surface area (Å²) in [6.07, 6.45) is 0. The van der Waals surface area contributed by atoms with Crippen LogP contribution < -0.4 is 9.47 Å². The van der Waals surface area contributed by atoms with Gasteiger partial charge in [0.15, 0.2) is 6.61 Å². The van der Waals surface area contributed by atoms with Gasteiger partial charge in [0, 0.05) is 5.02 Å². The molecule has 0 spiro atoms. The molecule has 0 aliphatic heterocycles. The van der Waals surface area contributed by atoms with E-state index in [-0.39, 0.29) is 6.61 Å². The van der Waals surface area contributed by atoms with Crippen LogP contribution in [0, 0.1) is 13.8 Å². The standard InChI is InChI=1S/C16H14Cl2O3/c1-10-4-3-5-11(2)16(10)21-15(19)9-20-14-7-6-12(17)8-13(14)18/h3-8H,9H2,1-2H3. The summed E-state index contributed by atoms with van der Waals surface area (Å²) in [7, 11) is 0. The first kappa shape index (κ1) is 15.7. The van der Waals surface area contributed by atoms with Crippen LogP contribution in [0.4, 0.5) is 0 Å².